The molecule has 0 aliphatic heterocycles. The summed E-state index contributed by atoms with van der Waals surface area (Å²) in [6.07, 6.45) is 3.31. The lowest BCUT2D eigenvalue weighted by molar-refractivity contribution is 0.0727. The number of hydrogen-bond donors (Lipinski definition) is 1. The van der Waals surface area contributed by atoms with Gasteiger partial charge in [-0.1, -0.05) is 6.07 Å². The van der Waals surface area contributed by atoms with Gasteiger partial charge in [0.15, 0.2) is 11.6 Å². The van der Waals surface area contributed by atoms with Crippen molar-refractivity contribution in [2.24, 2.45) is 0 Å². The Labute approximate surface area is 120 Å². The van der Waals surface area contributed by atoms with Gasteiger partial charge in [-0.25, -0.2) is 9.37 Å². The standard InChI is InChI=1S/C14H14FN3OS/c15-12-11(5-6-17-13(12)16)14(19)18(9-3-4-9)8-10-2-1-7-20-10/h1-2,5-7,9H,3-4,8H2,(H2,16,17). The van der Waals surface area contributed by atoms with Gasteiger partial charge in [0, 0.05) is 17.1 Å². The van der Waals surface area contributed by atoms with E-state index in [1.54, 1.807) is 16.2 Å². The normalized spacial score (nSPS) is 14.2. The van der Waals surface area contributed by atoms with Crippen molar-refractivity contribution in [2.45, 2.75) is 25.4 Å². The van der Waals surface area contributed by atoms with Crippen LogP contribution < -0.4 is 5.73 Å². The Kier molecular flexibility index (Phi) is 3.40. The molecule has 104 valence electrons. The fraction of sp³-hybridized carbons (Fsp3) is 0.286. The van der Waals surface area contributed by atoms with Crippen molar-refractivity contribution >= 4 is 23.1 Å². The van der Waals surface area contributed by atoms with Gasteiger partial charge >= 0.3 is 0 Å². The lowest BCUT2D eigenvalue weighted by Gasteiger charge is -2.22. The van der Waals surface area contributed by atoms with Crippen LogP contribution in [-0.2, 0) is 6.54 Å². The Morgan fingerprint density at radius 2 is 2.30 bits per heavy atom. The number of amides is 1. The molecule has 4 nitrogen and oxygen atoms in total. The third kappa shape index (κ3) is 2.51. The first-order valence-electron chi connectivity index (χ1n) is 6.40. The van der Waals surface area contributed by atoms with Gasteiger partial charge in [0.2, 0.25) is 0 Å². The molecule has 0 aromatic carbocycles. The van der Waals surface area contributed by atoms with Crippen LogP contribution in [0.3, 0.4) is 0 Å². The van der Waals surface area contributed by atoms with Crippen molar-refractivity contribution in [1.29, 1.82) is 0 Å². The first kappa shape index (κ1) is 13.1. The van der Waals surface area contributed by atoms with Gasteiger partial charge in [-0.2, -0.15) is 0 Å². The molecule has 2 aromatic rings. The molecule has 0 radical (unpaired) electrons. The molecule has 0 saturated heterocycles. The molecule has 0 bridgehead atoms. The molecule has 2 aromatic heterocycles. The number of nitrogens with zero attached hydrogens (tertiary/aromatic N) is 2. The highest BCUT2D eigenvalue weighted by atomic mass is 32.1. The Hall–Kier alpha value is -1.95. The van der Waals surface area contributed by atoms with E-state index in [2.05, 4.69) is 4.98 Å². The maximum absolute atomic E-state index is 13.9. The van der Waals surface area contributed by atoms with Crippen LogP contribution in [0, 0.1) is 5.82 Å². The van der Waals surface area contributed by atoms with E-state index in [0.29, 0.717) is 6.54 Å². The molecule has 1 fully saturated rings. The van der Waals surface area contributed by atoms with Gasteiger partial charge in [-0.3, -0.25) is 4.79 Å². The van der Waals surface area contributed by atoms with Crippen molar-refractivity contribution < 1.29 is 9.18 Å². The molecule has 3 rings (SSSR count). The lowest BCUT2D eigenvalue weighted by atomic mass is 10.2. The average molecular weight is 291 g/mol. The van der Waals surface area contributed by atoms with Gasteiger partial charge in [0.25, 0.3) is 5.91 Å². The fourth-order valence-electron chi connectivity index (χ4n) is 2.10. The molecule has 1 aliphatic rings. The van der Waals surface area contributed by atoms with E-state index >= 15 is 0 Å². The number of hydrogen-bond acceptors (Lipinski definition) is 4. The van der Waals surface area contributed by atoms with Crippen LogP contribution in [0.4, 0.5) is 10.2 Å². The molecule has 0 spiro atoms. The molecule has 0 unspecified atom stereocenters. The van der Waals surface area contributed by atoms with E-state index in [0.717, 1.165) is 17.7 Å². The second-order valence-electron chi connectivity index (χ2n) is 4.80. The van der Waals surface area contributed by atoms with Gasteiger partial charge in [0.05, 0.1) is 12.1 Å². The lowest BCUT2D eigenvalue weighted by Crippen LogP contribution is -2.33. The predicted octanol–water partition coefficient (Wildman–Crippen LogP) is 2.67. The highest BCUT2D eigenvalue weighted by Crippen LogP contribution is 2.31. The number of halogens is 1. The second-order valence-corrected chi connectivity index (χ2v) is 5.83. The van der Waals surface area contributed by atoms with Crippen LogP contribution in [0.25, 0.3) is 0 Å². The molecule has 2 heterocycles. The number of nitrogens with two attached hydrogens (primary N) is 1. The Bertz CT molecular complexity index is 625. The van der Waals surface area contributed by atoms with Crippen molar-refractivity contribution in [3.63, 3.8) is 0 Å². The number of pyridine rings is 1. The van der Waals surface area contributed by atoms with E-state index in [-0.39, 0.29) is 23.3 Å². The molecule has 2 N–H and O–H groups in total. The molecule has 1 amide bonds. The highest BCUT2D eigenvalue weighted by Gasteiger charge is 2.34. The summed E-state index contributed by atoms with van der Waals surface area (Å²) >= 11 is 1.59. The van der Waals surface area contributed by atoms with E-state index in [1.165, 1.54) is 12.3 Å². The van der Waals surface area contributed by atoms with Crippen LogP contribution in [0.1, 0.15) is 28.1 Å². The average Bonchev–Trinajstić information content (AvgIpc) is 3.15. The fourth-order valence-corrected chi connectivity index (χ4v) is 2.81. The van der Waals surface area contributed by atoms with Crippen molar-refractivity contribution in [3.8, 4) is 0 Å². The summed E-state index contributed by atoms with van der Waals surface area (Å²) < 4.78 is 13.9. The number of rotatable bonds is 4. The van der Waals surface area contributed by atoms with E-state index in [1.807, 2.05) is 17.5 Å². The summed E-state index contributed by atoms with van der Waals surface area (Å²) in [6, 6.07) is 5.52. The molecule has 0 atom stereocenters. The largest absolute Gasteiger partial charge is 0.381 e. The summed E-state index contributed by atoms with van der Waals surface area (Å²) in [7, 11) is 0. The van der Waals surface area contributed by atoms with Crippen LogP contribution >= 0.6 is 11.3 Å². The smallest absolute Gasteiger partial charge is 0.257 e. The number of carbonyl (C=O) groups is 1. The predicted molar refractivity (Wildman–Crippen MR) is 75.8 cm³/mol. The van der Waals surface area contributed by atoms with Gasteiger partial charge < -0.3 is 10.6 Å². The number of nitrogen functional groups attached to an aromatic ring is 1. The zero-order valence-electron chi connectivity index (χ0n) is 10.8. The minimum atomic E-state index is -0.727. The molecule has 1 aliphatic carbocycles. The van der Waals surface area contributed by atoms with E-state index < -0.39 is 5.82 Å². The van der Waals surface area contributed by atoms with Crippen LogP contribution in [0.2, 0.25) is 0 Å². The monoisotopic (exact) mass is 291 g/mol. The van der Waals surface area contributed by atoms with Crippen LogP contribution in [0.15, 0.2) is 29.8 Å². The van der Waals surface area contributed by atoms with E-state index in [9.17, 15) is 9.18 Å². The maximum atomic E-state index is 13.9. The maximum Gasteiger partial charge on any atom is 0.257 e. The topological polar surface area (TPSA) is 59.2 Å². The molecular weight excluding hydrogens is 277 g/mol. The summed E-state index contributed by atoms with van der Waals surface area (Å²) in [6.45, 7) is 0.517. The zero-order chi connectivity index (χ0) is 14.1. The number of thiophene rings is 1. The molecule has 20 heavy (non-hydrogen) atoms. The quantitative estimate of drug-likeness (QED) is 0.942. The van der Waals surface area contributed by atoms with Crippen LogP contribution in [0.5, 0.6) is 0 Å². The third-order valence-electron chi connectivity index (χ3n) is 3.30. The Morgan fingerprint density at radius 3 is 2.95 bits per heavy atom. The van der Waals surface area contributed by atoms with Crippen molar-refractivity contribution in [1.82, 2.24) is 9.88 Å². The number of aromatic nitrogens is 1. The summed E-state index contributed by atoms with van der Waals surface area (Å²) in [5.74, 6) is -1.27. The zero-order valence-corrected chi connectivity index (χ0v) is 11.6. The highest BCUT2D eigenvalue weighted by molar-refractivity contribution is 7.09. The van der Waals surface area contributed by atoms with Gasteiger partial charge in [0.1, 0.15) is 0 Å². The SMILES string of the molecule is Nc1nccc(C(=O)N(Cc2cccs2)C2CC2)c1F. The third-order valence-corrected chi connectivity index (χ3v) is 4.16. The Morgan fingerprint density at radius 1 is 1.50 bits per heavy atom. The summed E-state index contributed by atoms with van der Waals surface area (Å²) in [5.41, 5.74) is 5.43. The van der Waals surface area contributed by atoms with Crippen molar-refractivity contribution in [3.05, 3.63) is 46.0 Å². The second kappa shape index (κ2) is 5.20. The summed E-state index contributed by atoms with van der Waals surface area (Å²) in [5, 5.41) is 1.97. The molecule has 1 saturated carbocycles. The Balaban J connectivity index is 1.87. The molecular formula is C14H14FN3OS. The summed E-state index contributed by atoms with van der Waals surface area (Å²) in [4.78, 5) is 19.0. The minimum absolute atomic E-state index is 0.000885. The first-order chi connectivity index (χ1) is 9.66. The van der Waals surface area contributed by atoms with Crippen molar-refractivity contribution in [2.75, 3.05) is 5.73 Å². The molecule has 6 heteroatoms. The van der Waals surface area contributed by atoms with E-state index in [4.69, 9.17) is 5.73 Å². The number of carbonyl (C=O) groups excluding carboxylic acids is 1. The van der Waals surface area contributed by atoms with Crippen LogP contribution in [-0.4, -0.2) is 21.8 Å². The van der Waals surface area contributed by atoms with Gasteiger partial charge in [-0.15, -0.1) is 11.3 Å². The first-order valence-corrected chi connectivity index (χ1v) is 7.28. The van der Waals surface area contributed by atoms with Gasteiger partial charge in [-0.05, 0) is 30.4 Å². The minimum Gasteiger partial charge on any atom is -0.381 e. The number of anilines is 1.